The van der Waals surface area contributed by atoms with E-state index in [1.165, 1.54) is 6.92 Å². The first-order valence-corrected chi connectivity index (χ1v) is 8.95. The van der Waals surface area contributed by atoms with Crippen molar-refractivity contribution in [3.05, 3.63) is 46.5 Å². The number of H-pyrrole nitrogens is 1. The van der Waals surface area contributed by atoms with Crippen molar-refractivity contribution in [1.82, 2.24) is 25.4 Å². The lowest BCUT2D eigenvalue weighted by Gasteiger charge is -2.24. The summed E-state index contributed by atoms with van der Waals surface area (Å²) in [5.74, 6) is 0.0516. The van der Waals surface area contributed by atoms with Gasteiger partial charge in [-0.25, -0.2) is 0 Å². The first-order valence-electron chi connectivity index (χ1n) is 8.95. The van der Waals surface area contributed by atoms with Crippen molar-refractivity contribution >= 4 is 11.8 Å². The average molecular weight is 355 g/mol. The number of aromatic amines is 1. The van der Waals surface area contributed by atoms with Gasteiger partial charge in [-0.1, -0.05) is 6.07 Å². The Hall–Kier alpha value is -2.70. The number of carbonyl (C=O) groups is 2. The van der Waals surface area contributed by atoms with Crippen LogP contribution in [0.25, 0.3) is 0 Å². The predicted molar refractivity (Wildman–Crippen MR) is 97.2 cm³/mol. The maximum absolute atomic E-state index is 12.9. The van der Waals surface area contributed by atoms with Crippen LogP contribution in [0.5, 0.6) is 0 Å². The number of hydrogen-bond donors (Lipinski definition) is 2. The van der Waals surface area contributed by atoms with Crippen LogP contribution in [0, 0.1) is 13.8 Å². The lowest BCUT2D eigenvalue weighted by Crippen LogP contribution is -2.32. The Labute approximate surface area is 153 Å². The zero-order valence-corrected chi connectivity index (χ0v) is 15.5. The highest BCUT2D eigenvalue weighted by atomic mass is 16.2. The monoisotopic (exact) mass is 355 g/mol. The topological polar surface area (TPSA) is 91.0 Å². The van der Waals surface area contributed by atoms with E-state index in [-0.39, 0.29) is 17.9 Å². The molecule has 2 aromatic rings. The van der Waals surface area contributed by atoms with Crippen molar-refractivity contribution in [3.63, 3.8) is 0 Å². The molecule has 3 heterocycles. The Morgan fingerprint density at radius 1 is 1.35 bits per heavy atom. The third kappa shape index (κ3) is 3.92. The molecular weight excluding hydrogens is 330 g/mol. The molecular formula is C19H25N5O2. The molecule has 2 N–H and O–H groups in total. The van der Waals surface area contributed by atoms with Crippen LogP contribution >= 0.6 is 0 Å². The van der Waals surface area contributed by atoms with Gasteiger partial charge in [0.25, 0.3) is 0 Å². The van der Waals surface area contributed by atoms with Gasteiger partial charge in [-0.2, -0.15) is 5.10 Å². The minimum absolute atomic E-state index is 0.0184. The molecule has 1 atom stereocenters. The van der Waals surface area contributed by atoms with Gasteiger partial charge in [0.15, 0.2) is 0 Å². The summed E-state index contributed by atoms with van der Waals surface area (Å²) in [5, 5.41) is 9.87. The van der Waals surface area contributed by atoms with Crippen molar-refractivity contribution in [1.29, 1.82) is 0 Å². The normalized spacial score (nSPS) is 16.7. The molecule has 1 fully saturated rings. The Morgan fingerprint density at radius 3 is 2.77 bits per heavy atom. The lowest BCUT2D eigenvalue weighted by atomic mass is 10.1. The molecule has 3 rings (SSSR count). The summed E-state index contributed by atoms with van der Waals surface area (Å²) in [4.78, 5) is 30.3. The number of likely N-dealkylation sites (tertiary alicyclic amines) is 1. The van der Waals surface area contributed by atoms with E-state index in [2.05, 4.69) is 20.5 Å². The van der Waals surface area contributed by atoms with E-state index < -0.39 is 0 Å². The molecule has 1 aliphatic rings. The molecule has 0 aromatic carbocycles. The fraction of sp³-hybridized carbons (Fsp3) is 0.474. The number of nitrogens with zero attached hydrogens (tertiary/aromatic N) is 3. The molecule has 7 heteroatoms. The first kappa shape index (κ1) is 18.1. The predicted octanol–water partition coefficient (Wildman–Crippen LogP) is 1.96. The van der Waals surface area contributed by atoms with Crippen LogP contribution in [0.1, 0.15) is 54.0 Å². The van der Waals surface area contributed by atoms with E-state index in [1.807, 2.05) is 30.9 Å². The summed E-state index contributed by atoms with van der Waals surface area (Å²) < 4.78 is 0. The van der Waals surface area contributed by atoms with Crippen LogP contribution in [0.4, 0.5) is 0 Å². The highest BCUT2D eigenvalue weighted by Crippen LogP contribution is 2.31. The number of pyridine rings is 1. The van der Waals surface area contributed by atoms with Gasteiger partial charge in [0.1, 0.15) is 0 Å². The fourth-order valence-corrected chi connectivity index (χ4v) is 3.42. The summed E-state index contributed by atoms with van der Waals surface area (Å²) in [7, 11) is 0. The summed E-state index contributed by atoms with van der Waals surface area (Å²) >= 11 is 0. The second-order valence-corrected chi connectivity index (χ2v) is 6.84. The average Bonchev–Trinajstić information content (AvgIpc) is 3.23. The maximum Gasteiger partial charge on any atom is 0.227 e. The van der Waals surface area contributed by atoms with Crippen LogP contribution < -0.4 is 5.32 Å². The van der Waals surface area contributed by atoms with Gasteiger partial charge in [0.2, 0.25) is 11.8 Å². The van der Waals surface area contributed by atoms with Crippen molar-refractivity contribution in [2.75, 3.05) is 6.54 Å². The molecule has 0 radical (unpaired) electrons. The third-order valence-corrected chi connectivity index (χ3v) is 4.91. The molecule has 138 valence electrons. The van der Waals surface area contributed by atoms with E-state index in [4.69, 9.17) is 0 Å². The minimum atomic E-state index is -0.0634. The van der Waals surface area contributed by atoms with E-state index >= 15 is 0 Å². The van der Waals surface area contributed by atoms with Crippen LogP contribution in [-0.2, 0) is 22.6 Å². The molecule has 0 bridgehead atoms. The summed E-state index contributed by atoms with van der Waals surface area (Å²) in [5.41, 5.74) is 4.67. The Morgan fingerprint density at radius 2 is 2.15 bits per heavy atom. The van der Waals surface area contributed by atoms with E-state index in [0.717, 1.165) is 47.6 Å². The summed E-state index contributed by atoms with van der Waals surface area (Å²) in [6.45, 7) is 6.58. The SMILES string of the molecule is CC(=O)NCc1ccc([C@H]2CCCN2C(=O)Cc2c(C)n[nH]c2C)nc1. The smallest absolute Gasteiger partial charge is 0.227 e. The molecule has 0 saturated carbocycles. The maximum atomic E-state index is 12.9. The Balaban J connectivity index is 1.69. The number of hydrogen-bond acceptors (Lipinski definition) is 4. The summed E-state index contributed by atoms with van der Waals surface area (Å²) in [6, 6.07) is 3.94. The number of nitrogens with one attached hydrogen (secondary N) is 2. The quantitative estimate of drug-likeness (QED) is 0.858. The molecule has 7 nitrogen and oxygen atoms in total. The van der Waals surface area contributed by atoms with Crippen LogP contribution in [0.2, 0.25) is 0 Å². The van der Waals surface area contributed by atoms with Gasteiger partial charge in [0.05, 0.1) is 23.9 Å². The van der Waals surface area contributed by atoms with Crippen LogP contribution in [-0.4, -0.2) is 38.4 Å². The third-order valence-electron chi connectivity index (χ3n) is 4.91. The Kier molecular flexibility index (Phi) is 5.35. The number of aromatic nitrogens is 3. The van der Waals surface area contributed by atoms with Gasteiger partial charge < -0.3 is 10.2 Å². The van der Waals surface area contributed by atoms with E-state index in [1.54, 1.807) is 6.20 Å². The first-order chi connectivity index (χ1) is 12.5. The second-order valence-electron chi connectivity index (χ2n) is 6.84. The van der Waals surface area contributed by atoms with Crippen molar-refractivity contribution < 1.29 is 9.59 Å². The molecule has 1 saturated heterocycles. The lowest BCUT2D eigenvalue weighted by molar-refractivity contribution is -0.131. The van der Waals surface area contributed by atoms with Gasteiger partial charge in [-0.05, 0) is 38.3 Å². The molecule has 26 heavy (non-hydrogen) atoms. The molecule has 2 aromatic heterocycles. The van der Waals surface area contributed by atoms with Gasteiger partial charge in [-0.3, -0.25) is 19.7 Å². The summed E-state index contributed by atoms with van der Waals surface area (Å²) in [6.07, 6.45) is 4.05. The highest BCUT2D eigenvalue weighted by Gasteiger charge is 2.31. The second kappa shape index (κ2) is 7.68. The number of amides is 2. The Bertz CT molecular complexity index is 777. The number of aryl methyl sites for hydroxylation is 2. The minimum Gasteiger partial charge on any atom is -0.352 e. The molecule has 2 amide bonds. The van der Waals surface area contributed by atoms with Gasteiger partial charge in [-0.15, -0.1) is 0 Å². The van der Waals surface area contributed by atoms with E-state index in [9.17, 15) is 9.59 Å². The van der Waals surface area contributed by atoms with Gasteiger partial charge >= 0.3 is 0 Å². The molecule has 0 unspecified atom stereocenters. The molecule has 0 aliphatic carbocycles. The van der Waals surface area contributed by atoms with E-state index in [0.29, 0.717) is 13.0 Å². The number of carbonyl (C=O) groups excluding carboxylic acids is 2. The standard InChI is InChI=1S/C19H25N5O2/c1-12-16(13(2)23-22-12)9-19(26)24-8-4-5-18(24)17-7-6-15(11-21-17)10-20-14(3)25/h6-7,11,18H,4-5,8-10H2,1-3H3,(H,20,25)(H,22,23)/t18-/m1/s1. The zero-order chi connectivity index (χ0) is 18.7. The fourth-order valence-electron chi connectivity index (χ4n) is 3.42. The molecule has 0 spiro atoms. The number of rotatable bonds is 5. The van der Waals surface area contributed by atoms with Crippen LogP contribution in [0.15, 0.2) is 18.3 Å². The van der Waals surface area contributed by atoms with Gasteiger partial charge in [0, 0.05) is 37.5 Å². The highest BCUT2D eigenvalue weighted by molar-refractivity contribution is 5.80. The van der Waals surface area contributed by atoms with Crippen molar-refractivity contribution in [3.8, 4) is 0 Å². The zero-order valence-electron chi connectivity index (χ0n) is 15.5. The van der Waals surface area contributed by atoms with Crippen molar-refractivity contribution in [2.24, 2.45) is 0 Å². The van der Waals surface area contributed by atoms with Crippen molar-refractivity contribution in [2.45, 2.75) is 52.6 Å². The largest absolute Gasteiger partial charge is 0.352 e. The molecule has 1 aliphatic heterocycles. The van der Waals surface area contributed by atoms with Crippen LogP contribution in [0.3, 0.4) is 0 Å².